The Balaban J connectivity index is 2.39. The van der Waals surface area contributed by atoms with Crippen molar-refractivity contribution in [3.05, 3.63) is 29.8 Å². The number of esters is 1. The second-order valence-corrected chi connectivity index (χ2v) is 9.99. The summed E-state index contributed by atoms with van der Waals surface area (Å²) >= 11 is 0. The van der Waals surface area contributed by atoms with Crippen LogP contribution in [0.25, 0.3) is 0 Å². The highest BCUT2D eigenvalue weighted by Gasteiger charge is 2.44. The molecule has 0 heterocycles. The van der Waals surface area contributed by atoms with Gasteiger partial charge in [-0.1, -0.05) is 18.2 Å². The van der Waals surface area contributed by atoms with E-state index < -0.39 is 47.5 Å². The number of alkyl carbamates (subject to hydrolysis) is 1. The van der Waals surface area contributed by atoms with Crippen molar-refractivity contribution in [3.8, 4) is 5.75 Å². The number of hydrogen-bond donors (Lipinski definition) is 4. The maximum Gasteiger partial charge on any atom is 0.408 e. The highest BCUT2D eigenvalue weighted by Crippen LogP contribution is 2.38. The van der Waals surface area contributed by atoms with Gasteiger partial charge in [0.25, 0.3) is 0 Å². The fraction of sp³-hybridized carbons (Fsp3) is 0.577. The van der Waals surface area contributed by atoms with E-state index in [1.54, 1.807) is 39.8 Å². The number of carbonyl (C=O) groups is 5. The van der Waals surface area contributed by atoms with Gasteiger partial charge in [0.2, 0.25) is 17.7 Å². The van der Waals surface area contributed by atoms with Crippen LogP contribution in [0, 0.1) is 0 Å². The standard InChI is InChI=1S/C26H38N4O8/c1-5-37-21(33)14-15-28-23(34)22(17-8-6-7-9-19(17)31)30(16-10-11-16)24(35)18(12-13-20(27)32)29-25(36)38-26(2,3)4/h6-9,16,18,22,31H,5,10-15H2,1-4H3,(H2,27,32)(H,28,34)(H,29,36). The highest BCUT2D eigenvalue weighted by molar-refractivity contribution is 5.93. The van der Waals surface area contributed by atoms with Gasteiger partial charge in [0.1, 0.15) is 23.4 Å². The molecule has 1 aliphatic carbocycles. The number of phenols is 1. The van der Waals surface area contributed by atoms with Crippen molar-refractivity contribution in [1.29, 1.82) is 0 Å². The van der Waals surface area contributed by atoms with Crippen LogP contribution < -0.4 is 16.4 Å². The second-order valence-electron chi connectivity index (χ2n) is 9.99. The van der Waals surface area contributed by atoms with Gasteiger partial charge in [-0.25, -0.2) is 4.79 Å². The molecule has 0 radical (unpaired) electrons. The summed E-state index contributed by atoms with van der Waals surface area (Å²) in [7, 11) is 0. The molecule has 0 aliphatic heterocycles. The Morgan fingerprint density at radius 1 is 1.13 bits per heavy atom. The minimum atomic E-state index is -1.27. The van der Waals surface area contributed by atoms with Gasteiger partial charge in [-0.05, 0) is 53.0 Å². The summed E-state index contributed by atoms with van der Waals surface area (Å²) in [5.74, 6) is -2.61. The molecule has 5 N–H and O–H groups in total. The van der Waals surface area contributed by atoms with Crippen molar-refractivity contribution in [2.45, 2.75) is 83.5 Å². The van der Waals surface area contributed by atoms with Crippen molar-refractivity contribution in [1.82, 2.24) is 15.5 Å². The van der Waals surface area contributed by atoms with E-state index in [0.717, 1.165) is 0 Å². The lowest BCUT2D eigenvalue weighted by molar-refractivity contribution is -0.145. The van der Waals surface area contributed by atoms with Gasteiger partial charge in [0.05, 0.1) is 13.0 Å². The lowest BCUT2D eigenvalue weighted by Crippen LogP contribution is -2.54. The van der Waals surface area contributed by atoms with Crippen LogP contribution in [0.5, 0.6) is 5.75 Å². The zero-order valence-electron chi connectivity index (χ0n) is 22.3. The molecule has 2 rings (SSSR count). The number of phenolic OH excluding ortho intramolecular Hbond substituents is 1. The number of benzene rings is 1. The lowest BCUT2D eigenvalue weighted by atomic mass is 10.0. The molecule has 1 fully saturated rings. The Morgan fingerprint density at radius 3 is 2.34 bits per heavy atom. The smallest absolute Gasteiger partial charge is 0.408 e. The Labute approximate surface area is 222 Å². The number of hydrogen-bond acceptors (Lipinski definition) is 8. The molecule has 12 heteroatoms. The third-order valence-corrected chi connectivity index (χ3v) is 5.55. The van der Waals surface area contributed by atoms with E-state index in [1.165, 1.54) is 17.0 Å². The normalized spacial score (nSPS) is 14.5. The van der Waals surface area contributed by atoms with Crippen molar-refractivity contribution in [2.24, 2.45) is 5.73 Å². The summed E-state index contributed by atoms with van der Waals surface area (Å²) in [6, 6.07) is 3.28. The van der Waals surface area contributed by atoms with Crippen LogP contribution in [0.4, 0.5) is 4.79 Å². The van der Waals surface area contributed by atoms with Gasteiger partial charge >= 0.3 is 12.1 Å². The summed E-state index contributed by atoms with van der Waals surface area (Å²) in [4.78, 5) is 64.4. The Kier molecular flexibility index (Phi) is 10.9. The molecule has 0 saturated heterocycles. The monoisotopic (exact) mass is 534 g/mol. The zero-order valence-corrected chi connectivity index (χ0v) is 22.3. The average Bonchev–Trinajstić information content (AvgIpc) is 3.64. The molecule has 38 heavy (non-hydrogen) atoms. The summed E-state index contributed by atoms with van der Waals surface area (Å²) < 4.78 is 10.2. The molecular weight excluding hydrogens is 496 g/mol. The van der Waals surface area contributed by atoms with E-state index in [2.05, 4.69) is 10.6 Å². The van der Waals surface area contributed by atoms with Crippen molar-refractivity contribution in [3.63, 3.8) is 0 Å². The first-order valence-electron chi connectivity index (χ1n) is 12.6. The predicted octanol–water partition coefficient (Wildman–Crippen LogP) is 1.65. The number of primary amides is 1. The van der Waals surface area contributed by atoms with Gasteiger partial charge < -0.3 is 35.8 Å². The fourth-order valence-electron chi connectivity index (χ4n) is 3.80. The van der Waals surface area contributed by atoms with Crippen LogP contribution >= 0.6 is 0 Å². The van der Waals surface area contributed by atoms with E-state index >= 15 is 0 Å². The number of nitrogens with two attached hydrogens (primary N) is 1. The van der Waals surface area contributed by atoms with Crippen molar-refractivity contribution in [2.75, 3.05) is 13.2 Å². The first-order valence-corrected chi connectivity index (χ1v) is 12.6. The zero-order chi connectivity index (χ0) is 28.5. The van der Waals surface area contributed by atoms with Gasteiger partial charge in [0.15, 0.2) is 0 Å². The largest absolute Gasteiger partial charge is 0.508 e. The summed E-state index contributed by atoms with van der Waals surface area (Å²) in [6.07, 6.45) is -0.0610. The molecule has 2 atom stereocenters. The SMILES string of the molecule is CCOC(=O)CCNC(=O)C(c1ccccc1O)N(C(=O)C(CCC(N)=O)NC(=O)OC(C)(C)C)C1CC1. The molecule has 1 aromatic rings. The third kappa shape index (κ3) is 9.56. The summed E-state index contributed by atoms with van der Waals surface area (Å²) in [5, 5.41) is 15.7. The molecule has 2 unspecified atom stereocenters. The third-order valence-electron chi connectivity index (χ3n) is 5.55. The number of para-hydroxylation sites is 1. The number of amides is 4. The number of nitrogens with zero attached hydrogens (tertiary/aromatic N) is 1. The molecule has 210 valence electrons. The minimum Gasteiger partial charge on any atom is -0.508 e. The molecule has 0 aromatic heterocycles. The highest BCUT2D eigenvalue weighted by atomic mass is 16.6. The van der Waals surface area contributed by atoms with Crippen LogP contribution in [-0.2, 0) is 28.7 Å². The van der Waals surface area contributed by atoms with E-state index in [0.29, 0.717) is 12.8 Å². The first-order chi connectivity index (χ1) is 17.8. The van der Waals surface area contributed by atoms with Crippen LogP contribution in [-0.4, -0.2) is 70.6 Å². The summed E-state index contributed by atoms with van der Waals surface area (Å²) in [6.45, 7) is 6.82. The second kappa shape index (κ2) is 13.6. The molecule has 0 bridgehead atoms. The van der Waals surface area contributed by atoms with E-state index in [1.807, 2.05) is 0 Å². The Bertz CT molecular complexity index is 1020. The molecule has 1 saturated carbocycles. The number of ether oxygens (including phenoxy) is 2. The van der Waals surface area contributed by atoms with Crippen LogP contribution in [0.3, 0.4) is 0 Å². The van der Waals surface area contributed by atoms with Crippen LogP contribution in [0.15, 0.2) is 24.3 Å². The molecule has 12 nitrogen and oxygen atoms in total. The maximum atomic E-state index is 13.9. The minimum absolute atomic E-state index is 0.0459. The van der Waals surface area contributed by atoms with E-state index in [9.17, 15) is 29.1 Å². The van der Waals surface area contributed by atoms with Gasteiger partial charge in [-0.2, -0.15) is 0 Å². The molecule has 1 aromatic carbocycles. The quantitative estimate of drug-likeness (QED) is 0.276. The summed E-state index contributed by atoms with van der Waals surface area (Å²) in [5.41, 5.74) is 4.63. The molecule has 1 aliphatic rings. The number of aromatic hydroxyl groups is 1. The van der Waals surface area contributed by atoms with Gasteiger partial charge in [0, 0.05) is 24.6 Å². The molecular formula is C26H38N4O8. The Morgan fingerprint density at radius 2 is 1.79 bits per heavy atom. The average molecular weight is 535 g/mol. The fourth-order valence-corrected chi connectivity index (χ4v) is 3.80. The number of nitrogens with one attached hydrogen (secondary N) is 2. The molecule has 0 spiro atoms. The van der Waals surface area contributed by atoms with Crippen molar-refractivity contribution < 1.29 is 38.6 Å². The number of rotatable bonds is 13. The number of carbonyl (C=O) groups excluding carboxylic acids is 5. The van der Waals surface area contributed by atoms with E-state index in [4.69, 9.17) is 15.2 Å². The van der Waals surface area contributed by atoms with Gasteiger partial charge in [-0.3, -0.25) is 19.2 Å². The van der Waals surface area contributed by atoms with Crippen LogP contribution in [0.1, 0.15) is 71.4 Å². The first kappa shape index (κ1) is 30.4. The van der Waals surface area contributed by atoms with Crippen molar-refractivity contribution >= 4 is 29.8 Å². The predicted molar refractivity (Wildman–Crippen MR) is 137 cm³/mol. The Hall–Kier alpha value is -3.83. The molecule has 4 amide bonds. The lowest BCUT2D eigenvalue weighted by Gasteiger charge is -2.35. The maximum absolute atomic E-state index is 13.9. The van der Waals surface area contributed by atoms with Crippen LogP contribution in [0.2, 0.25) is 0 Å². The van der Waals surface area contributed by atoms with E-state index in [-0.39, 0.29) is 49.8 Å². The van der Waals surface area contributed by atoms with Gasteiger partial charge in [-0.15, -0.1) is 0 Å². The topological polar surface area (TPSA) is 177 Å².